The highest BCUT2D eigenvalue weighted by molar-refractivity contribution is 5.81. The van der Waals surface area contributed by atoms with E-state index in [1.165, 1.54) is 6.07 Å². The Morgan fingerprint density at radius 2 is 2.00 bits per heavy atom. The molecule has 1 heterocycles. The van der Waals surface area contributed by atoms with Crippen LogP contribution in [-0.4, -0.2) is 23.3 Å². The Hall–Kier alpha value is -2.40. The van der Waals surface area contributed by atoms with Crippen LogP contribution in [0, 0.1) is 5.82 Å². The van der Waals surface area contributed by atoms with Gasteiger partial charge in [0.15, 0.2) is 5.82 Å². The van der Waals surface area contributed by atoms with Gasteiger partial charge in [-0.3, -0.25) is 4.57 Å². The second-order valence-corrected chi connectivity index (χ2v) is 4.78. The van der Waals surface area contributed by atoms with Crippen molar-refractivity contribution < 1.29 is 9.13 Å². The Kier molecular flexibility index (Phi) is 3.58. The topological polar surface area (TPSA) is 53.1 Å². The highest BCUT2D eigenvalue weighted by atomic mass is 19.1. The van der Waals surface area contributed by atoms with Crippen LogP contribution in [0.5, 0.6) is 0 Å². The highest BCUT2D eigenvalue weighted by Gasteiger charge is 2.15. The number of hydrogen-bond acceptors (Lipinski definition) is 3. The first kappa shape index (κ1) is 13.6. The van der Waals surface area contributed by atoms with Gasteiger partial charge in [0.05, 0.1) is 17.8 Å². The standard InChI is InChI=1S/C16H16FN3O/c1-21-10-9-11-5-2-3-7-13(11)20-14-8-4-6-12(17)15(14)19-16(20)18/h2-8H,9-10H2,1H3,(H2,18,19). The van der Waals surface area contributed by atoms with Crippen LogP contribution in [0.15, 0.2) is 42.5 Å². The molecule has 3 aromatic rings. The van der Waals surface area contributed by atoms with Gasteiger partial charge in [0.25, 0.3) is 0 Å². The number of halogens is 1. The summed E-state index contributed by atoms with van der Waals surface area (Å²) in [6.07, 6.45) is 0.751. The summed E-state index contributed by atoms with van der Waals surface area (Å²) in [5, 5.41) is 0. The number of methoxy groups -OCH3 is 1. The van der Waals surface area contributed by atoms with Crippen molar-refractivity contribution in [2.45, 2.75) is 6.42 Å². The van der Waals surface area contributed by atoms with Gasteiger partial charge in [-0.15, -0.1) is 0 Å². The number of ether oxygens (including phenoxy) is 1. The van der Waals surface area contributed by atoms with Crippen LogP contribution >= 0.6 is 0 Å². The molecule has 0 aliphatic rings. The molecule has 0 saturated heterocycles. The first-order valence-corrected chi connectivity index (χ1v) is 6.72. The number of para-hydroxylation sites is 2. The van der Waals surface area contributed by atoms with E-state index in [2.05, 4.69) is 4.98 Å². The van der Waals surface area contributed by atoms with Crippen LogP contribution in [-0.2, 0) is 11.2 Å². The zero-order valence-electron chi connectivity index (χ0n) is 11.7. The van der Waals surface area contributed by atoms with Gasteiger partial charge in [-0.2, -0.15) is 0 Å². The number of imidazole rings is 1. The summed E-state index contributed by atoms with van der Waals surface area (Å²) in [5.41, 5.74) is 8.94. The van der Waals surface area contributed by atoms with Gasteiger partial charge >= 0.3 is 0 Å². The lowest BCUT2D eigenvalue weighted by atomic mass is 10.1. The van der Waals surface area contributed by atoms with E-state index >= 15 is 0 Å². The zero-order valence-corrected chi connectivity index (χ0v) is 11.7. The van der Waals surface area contributed by atoms with Crippen LogP contribution in [0.2, 0.25) is 0 Å². The number of nitrogens with zero attached hydrogens (tertiary/aromatic N) is 2. The number of fused-ring (bicyclic) bond motifs is 1. The zero-order chi connectivity index (χ0) is 14.8. The van der Waals surface area contributed by atoms with Gasteiger partial charge in [-0.25, -0.2) is 9.37 Å². The SMILES string of the molecule is COCCc1ccccc1-n1c(N)nc2c(F)cccc21. The number of benzene rings is 2. The van der Waals surface area contributed by atoms with E-state index in [0.717, 1.165) is 17.7 Å². The average molecular weight is 285 g/mol. The molecule has 4 nitrogen and oxygen atoms in total. The summed E-state index contributed by atoms with van der Waals surface area (Å²) < 4.78 is 20.8. The van der Waals surface area contributed by atoms with E-state index in [4.69, 9.17) is 10.5 Å². The molecule has 2 aromatic carbocycles. The van der Waals surface area contributed by atoms with Crippen molar-refractivity contribution in [1.29, 1.82) is 0 Å². The number of nitrogens with two attached hydrogens (primary N) is 1. The van der Waals surface area contributed by atoms with Crippen LogP contribution in [0.3, 0.4) is 0 Å². The predicted molar refractivity (Wildman–Crippen MR) is 81.0 cm³/mol. The molecule has 0 aliphatic carbocycles. The lowest BCUT2D eigenvalue weighted by molar-refractivity contribution is 0.202. The molecule has 0 amide bonds. The second kappa shape index (κ2) is 5.54. The third kappa shape index (κ3) is 2.36. The quantitative estimate of drug-likeness (QED) is 0.802. The minimum absolute atomic E-state index is 0.278. The number of aromatic nitrogens is 2. The van der Waals surface area contributed by atoms with Crippen molar-refractivity contribution in [2.75, 3.05) is 19.5 Å². The molecule has 5 heteroatoms. The number of rotatable bonds is 4. The fourth-order valence-corrected chi connectivity index (χ4v) is 2.49. The van der Waals surface area contributed by atoms with E-state index in [0.29, 0.717) is 12.1 Å². The summed E-state index contributed by atoms with van der Waals surface area (Å²) in [6, 6.07) is 12.7. The number of nitrogen functional groups attached to an aromatic ring is 1. The fourth-order valence-electron chi connectivity index (χ4n) is 2.49. The van der Waals surface area contributed by atoms with Crippen molar-refractivity contribution in [3.63, 3.8) is 0 Å². The van der Waals surface area contributed by atoms with E-state index in [-0.39, 0.29) is 17.3 Å². The molecule has 1 aromatic heterocycles. The average Bonchev–Trinajstić information content (AvgIpc) is 2.83. The Morgan fingerprint density at radius 3 is 2.81 bits per heavy atom. The number of hydrogen-bond donors (Lipinski definition) is 1. The molecule has 3 rings (SSSR count). The molecule has 108 valence electrons. The maximum Gasteiger partial charge on any atom is 0.206 e. The van der Waals surface area contributed by atoms with Gasteiger partial charge in [0.2, 0.25) is 5.95 Å². The van der Waals surface area contributed by atoms with Crippen LogP contribution in [0.1, 0.15) is 5.56 Å². The maximum atomic E-state index is 13.8. The minimum Gasteiger partial charge on any atom is -0.384 e. The first-order chi connectivity index (χ1) is 10.2. The van der Waals surface area contributed by atoms with Crippen molar-refractivity contribution >= 4 is 17.0 Å². The van der Waals surface area contributed by atoms with Gasteiger partial charge in [-0.05, 0) is 30.2 Å². The van der Waals surface area contributed by atoms with Gasteiger partial charge in [0.1, 0.15) is 5.52 Å². The fraction of sp³-hybridized carbons (Fsp3) is 0.188. The summed E-state index contributed by atoms with van der Waals surface area (Å²) in [7, 11) is 1.67. The number of anilines is 1. The largest absolute Gasteiger partial charge is 0.384 e. The van der Waals surface area contributed by atoms with Gasteiger partial charge < -0.3 is 10.5 Å². The Labute approximate surface area is 122 Å². The monoisotopic (exact) mass is 285 g/mol. The predicted octanol–water partition coefficient (Wildman–Crippen LogP) is 2.94. The molecule has 0 unspecified atom stereocenters. The molecule has 0 aliphatic heterocycles. The molecule has 2 N–H and O–H groups in total. The van der Waals surface area contributed by atoms with Crippen LogP contribution in [0.4, 0.5) is 10.3 Å². The van der Waals surface area contributed by atoms with Crippen molar-refractivity contribution in [3.8, 4) is 5.69 Å². The van der Waals surface area contributed by atoms with E-state index in [1.54, 1.807) is 17.7 Å². The van der Waals surface area contributed by atoms with E-state index in [1.807, 2.05) is 30.3 Å². The molecule has 0 spiro atoms. The molecule has 0 saturated carbocycles. The van der Waals surface area contributed by atoms with Crippen molar-refractivity contribution in [3.05, 3.63) is 53.8 Å². The minimum atomic E-state index is -0.368. The van der Waals surface area contributed by atoms with Gasteiger partial charge in [-0.1, -0.05) is 24.3 Å². The lowest BCUT2D eigenvalue weighted by Gasteiger charge is -2.12. The Balaban J connectivity index is 2.21. The first-order valence-electron chi connectivity index (χ1n) is 6.72. The van der Waals surface area contributed by atoms with Crippen molar-refractivity contribution in [2.24, 2.45) is 0 Å². The summed E-state index contributed by atoms with van der Waals surface area (Å²) in [5.74, 6) is -0.0905. The van der Waals surface area contributed by atoms with Crippen LogP contribution < -0.4 is 5.73 Å². The summed E-state index contributed by atoms with van der Waals surface area (Å²) in [6.45, 7) is 0.609. The Bertz CT molecular complexity index is 782. The van der Waals surface area contributed by atoms with E-state index in [9.17, 15) is 4.39 Å². The third-order valence-electron chi connectivity index (χ3n) is 3.47. The van der Waals surface area contributed by atoms with Crippen LogP contribution in [0.25, 0.3) is 16.7 Å². The molecular formula is C16H16FN3O. The highest BCUT2D eigenvalue weighted by Crippen LogP contribution is 2.27. The molecular weight excluding hydrogens is 269 g/mol. The lowest BCUT2D eigenvalue weighted by Crippen LogP contribution is -2.05. The molecule has 0 bridgehead atoms. The van der Waals surface area contributed by atoms with Crippen molar-refractivity contribution in [1.82, 2.24) is 9.55 Å². The molecule has 21 heavy (non-hydrogen) atoms. The normalized spacial score (nSPS) is 11.1. The third-order valence-corrected chi connectivity index (χ3v) is 3.47. The molecule has 0 atom stereocenters. The molecule has 0 radical (unpaired) electrons. The van der Waals surface area contributed by atoms with E-state index < -0.39 is 0 Å². The second-order valence-electron chi connectivity index (χ2n) is 4.78. The Morgan fingerprint density at radius 1 is 1.19 bits per heavy atom. The summed E-state index contributed by atoms with van der Waals surface area (Å²) in [4.78, 5) is 4.14. The van der Waals surface area contributed by atoms with Gasteiger partial charge in [0, 0.05) is 7.11 Å². The maximum absolute atomic E-state index is 13.8. The molecule has 0 fully saturated rings. The smallest absolute Gasteiger partial charge is 0.206 e. The summed E-state index contributed by atoms with van der Waals surface area (Å²) >= 11 is 0.